The average molecular weight is 920 g/mol. The highest BCUT2D eigenvalue weighted by atomic mass is 16.3. The van der Waals surface area contributed by atoms with E-state index in [1.165, 1.54) is 117 Å². The summed E-state index contributed by atoms with van der Waals surface area (Å²) in [6.45, 7) is 23.3. The molecule has 71 heavy (non-hydrogen) atoms. The average Bonchev–Trinajstić information content (AvgIpc) is 3.89. The van der Waals surface area contributed by atoms with Crippen molar-refractivity contribution in [2.75, 3.05) is 9.80 Å². The van der Waals surface area contributed by atoms with E-state index in [0.29, 0.717) is 0 Å². The maximum absolute atomic E-state index is 6.44. The minimum Gasteiger partial charge on any atom is -0.456 e. The summed E-state index contributed by atoms with van der Waals surface area (Å²) < 4.78 is 8.91. The third kappa shape index (κ3) is 6.44. The van der Waals surface area contributed by atoms with Crippen molar-refractivity contribution in [3.05, 3.63) is 203 Å². The summed E-state index contributed by atoms with van der Waals surface area (Å²) in [6, 6.07) is 63.9. The number of furan rings is 1. The molecule has 0 saturated carbocycles. The number of aromatic nitrogens is 1. The second kappa shape index (κ2) is 15.4. The molecule has 0 saturated heterocycles. The summed E-state index contributed by atoms with van der Waals surface area (Å²) in [5.74, 6) is 0. The van der Waals surface area contributed by atoms with Gasteiger partial charge in [-0.05, 0) is 166 Å². The number of benzene rings is 9. The zero-order chi connectivity index (χ0) is 48.8. The fraction of sp³-hybridized carbons (Fsp3) is 0.182. The maximum Gasteiger partial charge on any atom is 0.252 e. The van der Waals surface area contributed by atoms with E-state index < -0.39 is 0 Å². The molecule has 13 rings (SSSR count). The van der Waals surface area contributed by atoms with Gasteiger partial charge in [0, 0.05) is 50.0 Å². The van der Waals surface area contributed by atoms with Gasteiger partial charge in [-0.1, -0.05) is 145 Å². The summed E-state index contributed by atoms with van der Waals surface area (Å²) >= 11 is 0. The highest BCUT2D eigenvalue weighted by Crippen LogP contribution is 2.51. The molecule has 0 amide bonds. The first-order valence-corrected chi connectivity index (χ1v) is 25.3. The first-order chi connectivity index (χ1) is 34.2. The highest BCUT2D eigenvalue weighted by Gasteiger charge is 2.46. The van der Waals surface area contributed by atoms with Gasteiger partial charge < -0.3 is 18.8 Å². The predicted octanol–water partition coefficient (Wildman–Crippen LogP) is 16.3. The topological polar surface area (TPSA) is 24.6 Å². The van der Waals surface area contributed by atoms with Crippen LogP contribution in [0.5, 0.6) is 0 Å². The Kier molecular flexibility index (Phi) is 9.37. The van der Waals surface area contributed by atoms with Crippen molar-refractivity contribution in [2.24, 2.45) is 0 Å². The van der Waals surface area contributed by atoms with Gasteiger partial charge in [0.15, 0.2) is 0 Å². The number of anilines is 6. The summed E-state index contributed by atoms with van der Waals surface area (Å²) in [6.07, 6.45) is 0. The number of para-hydroxylation sites is 4. The standard InChI is InChI=1S/C66H58BN3O/c1-39-20-18-21-40(2)63(39)69-55-34-44(65(5,6)7)30-31-51(55)67-52-37-50-48-24-14-16-27-53(48)68(46-22-12-11-13-23-46)54(50)38-56(52)70(58-36-45(66(8,9)10)35-57(69)62(58)67)64-41(3)32-43(33-42(64)4)47-26-19-29-60-61(47)49-25-15-17-28-59(49)71-60/h11-38H,1-10H3. The van der Waals surface area contributed by atoms with Crippen LogP contribution in [0.25, 0.3) is 60.6 Å². The monoisotopic (exact) mass is 919 g/mol. The minimum atomic E-state index is -0.156. The van der Waals surface area contributed by atoms with E-state index in [2.05, 4.69) is 253 Å². The minimum absolute atomic E-state index is 0.0417. The molecule has 0 fully saturated rings. The van der Waals surface area contributed by atoms with Crippen molar-refractivity contribution in [3.63, 3.8) is 0 Å². The lowest BCUT2D eigenvalue weighted by Crippen LogP contribution is -2.61. The quantitative estimate of drug-likeness (QED) is 0.164. The Balaban J connectivity index is 1.17. The van der Waals surface area contributed by atoms with Crippen LogP contribution in [0, 0.1) is 27.7 Å². The van der Waals surface area contributed by atoms with Crippen LogP contribution < -0.4 is 26.2 Å². The van der Waals surface area contributed by atoms with Crippen LogP contribution in [0.3, 0.4) is 0 Å². The number of nitrogens with zero attached hydrogens (tertiary/aromatic N) is 3. The molecule has 0 aliphatic carbocycles. The molecule has 0 unspecified atom stereocenters. The normalized spacial score (nSPS) is 13.4. The molecule has 2 aromatic heterocycles. The second-order valence-electron chi connectivity index (χ2n) is 22.4. The molecule has 5 heteroatoms. The van der Waals surface area contributed by atoms with Crippen LogP contribution in [0.1, 0.15) is 74.9 Å². The lowest BCUT2D eigenvalue weighted by Gasteiger charge is -2.46. The second-order valence-corrected chi connectivity index (χ2v) is 22.4. The molecular weight excluding hydrogens is 862 g/mol. The van der Waals surface area contributed by atoms with Gasteiger partial charge in [0.2, 0.25) is 0 Å². The number of rotatable bonds is 4. The summed E-state index contributed by atoms with van der Waals surface area (Å²) in [7, 11) is 0. The van der Waals surface area contributed by atoms with Crippen LogP contribution in [0.4, 0.5) is 34.1 Å². The van der Waals surface area contributed by atoms with E-state index >= 15 is 0 Å². The summed E-state index contributed by atoms with van der Waals surface area (Å²) in [5, 5.41) is 4.81. The third-order valence-electron chi connectivity index (χ3n) is 15.7. The van der Waals surface area contributed by atoms with Crippen LogP contribution in [-0.4, -0.2) is 11.3 Å². The lowest BCUT2D eigenvalue weighted by atomic mass is 9.33. The maximum atomic E-state index is 6.44. The summed E-state index contributed by atoms with van der Waals surface area (Å²) in [5.41, 5.74) is 26.5. The molecule has 2 aliphatic heterocycles. The molecule has 11 aromatic rings. The van der Waals surface area contributed by atoms with Crippen molar-refractivity contribution in [2.45, 2.75) is 80.1 Å². The fourth-order valence-corrected chi connectivity index (χ4v) is 12.3. The van der Waals surface area contributed by atoms with Crippen LogP contribution in [-0.2, 0) is 10.8 Å². The Morgan fingerprint density at radius 3 is 1.69 bits per heavy atom. The lowest BCUT2D eigenvalue weighted by molar-refractivity contribution is 0.590. The van der Waals surface area contributed by atoms with Crippen molar-refractivity contribution in [3.8, 4) is 16.8 Å². The molecule has 4 nitrogen and oxygen atoms in total. The molecule has 0 N–H and O–H groups in total. The SMILES string of the molecule is Cc1cccc(C)c1N1c2cc(C(C)(C)C)ccc2B2c3cc4c5ccccc5n(-c5ccccc5)c4cc3N(c3c(C)cc(-c4cccc5oc6ccccc6c45)cc3C)c3cc(C(C)(C)C)cc1c32. The number of hydrogen-bond donors (Lipinski definition) is 0. The first-order valence-electron chi connectivity index (χ1n) is 25.3. The van der Waals surface area contributed by atoms with Crippen molar-refractivity contribution < 1.29 is 4.42 Å². The number of fused-ring (bicyclic) bond motifs is 10. The van der Waals surface area contributed by atoms with Gasteiger partial charge in [0.25, 0.3) is 6.71 Å². The molecule has 4 heterocycles. The molecule has 2 aliphatic rings. The molecule has 9 aromatic carbocycles. The molecule has 346 valence electrons. The van der Waals surface area contributed by atoms with E-state index in [4.69, 9.17) is 4.42 Å². The van der Waals surface area contributed by atoms with Gasteiger partial charge in [-0.15, -0.1) is 0 Å². The Bertz CT molecular complexity index is 3980. The van der Waals surface area contributed by atoms with Crippen molar-refractivity contribution in [1.82, 2.24) is 4.57 Å². The van der Waals surface area contributed by atoms with Crippen molar-refractivity contribution >= 4 is 101 Å². The number of hydrogen-bond acceptors (Lipinski definition) is 3. The van der Waals surface area contributed by atoms with Crippen LogP contribution in [0.15, 0.2) is 174 Å². The molecule has 0 atom stereocenters. The predicted molar refractivity (Wildman–Crippen MR) is 304 cm³/mol. The van der Waals surface area contributed by atoms with Gasteiger partial charge in [0.05, 0.1) is 22.4 Å². The molecule has 0 spiro atoms. The van der Waals surface area contributed by atoms with E-state index in [9.17, 15) is 0 Å². The molecular formula is C66H58BN3O. The number of aryl methyl sites for hydroxylation is 4. The van der Waals surface area contributed by atoms with E-state index in [0.717, 1.165) is 27.6 Å². The van der Waals surface area contributed by atoms with Crippen molar-refractivity contribution in [1.29, 1.82) is 0 Å². The van der Waals surface area contributed by atoms with Crippen LogP contribution in [0.2, 0.25) is 0 Å². The van der Waals surface area contributed by atoms with E-state index in [-0.39, 0.29) is 17.5 Å². The van der Waals surface area contributed by atoms with E-state index in [1.54, 1.807) is 0 Å². The Morgan fingerprint density at radius 2 is 1.00 bits per heavy atom. The van der Waals surface area contributed by atoms with Gasteiger partial charge in [0.1, 0.15) is 11.2 Å². The van der Waals surface area contributed by atoms with Gasteiger partial charge >= 0.3 is 0 Å². The largest absolute Gasteiger partial charge is 0.456 e. The summed E-state index contributed by atoms with van der Waals surface area (Å²) in [4.78, 5) is 5.30. The zero-order valence-electron chi connectivity index (χ0n) is 42.5. The van der Waals surface area contributed by atoms with Crippen LogP contribution >= 0.6 is 0 Å². The fourth-order valence-electron chi connectivity index (χ4n) is 12.3. The third-order valence-corrected chi connectivity index (χ3v) is 15.7. The smallest absolute Gasteiger partial charge is 0.252 e. The molecule has 0 bridgehead atoms. The first kappa shape index (κ1) is 43.3. The Labute approximate surface area is 417 Å². The van der Waals surface area contributed by atoms with Gasteiger partial charge in [-0.2, -0.15) is 0 Å². The molecule has 0 radical (unpaired) electrons. The Morgan fingerprint density at radius 1 is 0.423 bits per heavy atom. The van der Waals surface area contributed by atoms with E-state index in [1.807, 2.05) is 0 Å². The zero-order valence-corrected chi connectivity index (χ0v) is 42.5. The highest BCUT2D eigenvalue weighted by molar-refractivity contribution is 7.00. The van der Waals surface area contributed by atoms with Gasteiger partial charge in [-0.3, -0.25) is 0 Å². The Hall–Kier alpha value is -7.76. The van der Waals surface area contributed by atoms with Gasteiger partial charge in [-0.25, -0.2) is 0 Å².